The molecule has 0 bridgehead atoms. The van der Waals surface area contributed by atoms with Crippen LogP contribution >= 0.6 is 11.8 Å². The highest BCUT2D eigenvalue weighted by Crippen LogP contribution is 2.29. The standard InChI is InChI=1S/C20H21N3O4S/c1-23(12-18(24)21-14-8-4-6-10-17(14)28-2)19(25)11-16-20(26)22-13-7-3-5-9-15(13)27-16/h3-10,16H,11-12H2,1-2H3,(H,21,24)(H,22,26)/t16-/m0/s1. The second-order valence-electron chi connectivity index (χ2n) is 6.29. The lowest BCUT2D eigenvalue weighted by atomic mass is 10.1. The van der Waals surface area contributed by atoms with Crippen LogP contribution in [0.15, 0.2) is 53.4 Å². The summed E-state index contributed by atoms with van der Waals surface area (Å²) in [4.78, 5) is 39.1. The fourth-order valence-corrected chi connectivity index (χ4v) is 3.34. The molecule has 7 nitrogen and oxygen atoms in total. The number of nitrogens with zero attached hydrogens (tertiary/aromatic N) is 1. The first-order chi connectivity index (χ1) is 13.5. The maximum atomic E-state index is 12.5. The van der Waals surface area contributed by atoms with E-state index in [2.05, 4.69) is 10.6 Å². The molecule has 8 heteroatoms. The summed E-state index contributed by atoms with van der Waals surface area (Å²) in [5, 5.41) is 5.53. The first kappa shape index (κ1) is 19.8. The van der Waals surface area contributed by atoms with Crippen LogP contribution in [0, 0.1) is 0 Å². The Morgan fingerprint density at radius 2 is 1.89 bits per heavy atom. The second kappa shape index (κ2) is 8.79. The zero-order valence-corrected chi connectivity index (χ0v) is 16.4. The third kappa shape index (κ3) is 4.64. The average molecular weight is 399 g/mol. The number of hydrogen-bond acceptors (Lipinski definition) is 5. The van der Waals surface area contributed by atoms with E-state index in [-0.39, 0.29) is 30.7 Å². The van der Waals surface area contributed by atoms with Crippen LogP contribution in [0.4, 0.5) is 11.4 Å². The van der Waals surface area contributed by atoms with Gasteiger partial charge in [0.1, 0.15) is 5.75 Å². The quantitative estimate of drug-likeness (QED) is 0.729. The minimum Gasteiger partial charge on any atom is -0.478 e. The number of benzene rings is 2. The molecule has 0 aliphatic carbocycles. The third-order valence-corrected chi connectivity index (χ3v) is 5.05. The molecule has 0 aromatic heterocycles. The van der Waals surface area contributed by atoms with Crippen LogP contribution in [0.1, 0.15) is 6.42 Å². The first-order valence-electron chi connectivity index (χ1n) is 8.71. The Morgan fingerprint density at radius 3 is 2.68 bits per heavy atom. The Bertz CT molecular complexity index is 903. The molecule has 2 aromatic rings. The number of anilines is 2. The highest BCUT2D eigenvalue weighted by atomic mass is 32.2. The van der Waals surface area contributed by atoms with Crippen LogP contribution in [0.2, 0.25) is 0 Å². The van der Waals surface area contributed by atoms with Crippen LogP contribution in [0.3, 0.4) is 0 Å². The van der Waals surface area contributed by atoms with Gasteiger partial charge in [-0.1, -0.05) is 24.3 Å². The molecule has 0 saturated heterocycles. The number of nitrogens with one attached hydrogen (secondary N) is 2. The predicted molar refractivity (Wildman–Crippen MR) is 109 cm³/mol. The Hall–Kier alpha value is -3.00. The van der Waals surface area contributed by atoms with Crippen molar-refractivity contribution in [1.29, 1.82) is 0 Å². The number of likely N-dealkylation sites (N-methyl/N-ethyl adjacent to an activating group) is 1. The average Bonchev–Trinajstić information content (AvgIpc) is 2.68. The molecular formula is C20H21N3O4S. The van der Waals surface area contributed by atoms with E-state index in [0.717, 1.165) is 4.90 Å². The first-order valence-corrected chi connectivity index (χ1v) is 9.94. The molecule has 2 N–H and O–H groups in total. The molecule has 1 heterocycles. The van der Waals surface area contributed by atoms with E-state index in [1.807, 2.05) is 30.5 Å². The summed E-state index contributed by atoms with van der Waals surface area (Å²) in [6, 6.07) is 14.5. The summed E-state index contributed by atoms with van der Waals surface area (Å²) in [7, 11) is 1.52. The molecule has 1 aliphatic rings. The van der Waals surface area contributed by atoms with E-state index in [9.17, 15) is 14.4 Å². The predicted octanol–water partition coefficient (Wildman–Crippen LogP) is 2.60. The number of hydrogen-bond donors (Lipinski definition) is 2. The molecule has 0 fully saturated rings. The van der Waals surface area contributed by atoms with Crippen LogP contribution < -0.4 is 15.4 Å². The van der Waals surface area contributed by atoms with E-state index in [0.29, 0.717) is 17.1 Å². The van der Waals surface area contributed by atoms with Gasteiger partial charge in [-0.15, -0.1) is 11.8 Å². The van der Waals surface area contributed by atoms with Gasteiger partial charge in [0.2, 0.25) is 11.8 Å². The lowest BCUT2D eigenvalue weighted by Gasteiger charge is -2.26. The number of carbonyl (C=O) groups is 3. The van der Waals surface area contributed by atoms with Crippen molar-refractivity contribution in [1.82, 2.24) is 4.90 Å². The highest BCUT2D eigenvalue weighted by Gasteiger charge is 2.30. The number of carbonyl (C=O) groups excluding carboxylic acids is 3. The van der Waals surface area contributed by atoms with Gasteiger partial charge in [-0.25, -0.2) is 0 Å². The number of amides is 3. The van der Waals surface area contributed by atoms with Crippen molar-refractivity contribution in [3.63, 3.8) is 0 Å². The normalized spacial score (nSPS) is 15.1. The molecule has 146 valence electrons. The van der Waals surface area contributed by atoms with Crippen LogP contribution in [0.25, 0.3) is 0 Å². The molecule has 0 spiro atoms. The van der Waals surface area contributed by atoms with E-state index in [1.54, 1.807) is 24.3 Å². The Balaban J connectivity index is 1.56. The third-order valence-electron chi connectivity index (χ3n) is 4.25. The maximum absolute atomic E-state index is 12.5. The van der Waals surface area contributed by atoms with Gasteiger partial charge in [0.25, 0.3) is 5.91 Å². The van der Waals surface area contributed by atoms with Crippen molar-refractivity contribution < 1.29 is 19.1 Å². The second-order valence-corrected chi connectivity index (χ2v) is 7.14. The molecule has 3 amide bonds. The summed E-state index contributed by atoms with van der Waals surface area (Å²) in [5.74, 6) is -0.516. The molecular weight excluding hydrogens is 378 g/mol. The van der Waals surface area contributed by atoms with Gasteiger partial charge in [0.05, 0.1) is 24.3 Å². The van der Waals surface area contributed by atoms with Gasteiger partial charge < -0.3 is 20.3 Å². The number of para-hydroxylation sites is 3. The fraction of sp³-hybridized carbons (Fsp3) is 0.250. The SMILES string of the molecule is CSc1ccccc1NC(=O)CN(C)C(=O)C[C@@H]1Oc2ccccc2NC1=O. The van der Waals surface area contributed by atoms with Crippen molar-refractivity contribution in [3.8, 4) is 5.75 Å². The lowest BCUT2D eigenvalue weighted by molar-refractivity contribution is -0.137. The van der Waals surface area contributed by atoms with Gasteiger partial charge in [-0.2, -0.15) is 0 Å². The molecule has 28 heavy (non-hydrogen) atoms. The number of rotatable bonds is 6. The van der Waals surface area contributed by atoms with Crippen molar-refractivity contribution in [2.75, 3.05) is 30.5 Å². The molecule has 2 aromatic carbocycles. The van der Waals surface area contributed by atoms with E-state index >= 15 is 0 Å². The molecule has 0 radical (unpaired) electrons. The van der Waals surface area contributed by atoms with Gasteiger partial charge in [-0.3, -0.25) is 14.4 Å². The lowest BCUT2D eigenvalue weighted by Crippen LogP contribution is -2.43. The Labute approximate surface area is 167 Å². The summed E-state index contributed by atoms with van der Waals surface area (Å²) in [6.45, 7) is -0.119. The van der Waals surface area contributed by atoms with Gasteiger partial charge in [0.15, 0.2) is 6.10 Å². The Kier molecular flexibility index (Phi) is 6.20. The van der Waals surface area contributed by atoms with Crippen LogP contribution in [-0.2, 0) is 14.4 Å². The summed E-state index contributed by atoms with van der Waals surface area (Å²) >= 11 is 1.52. The maximum Gasteiger partial charge on any atom is 0.266 e. The van der Waals surface area contributed by atoms with Crippen molar-refractivity contribution in [2.45, 2.75) is 17.4 Å². The summed E-state index contributed by atoms with van der Waals surface area (Å²) < 4.78 is 5.63. The number of thioether (sulfide) groups is 1. The smallest absolute Gasteiger partial charge is 0.266 e. The highest BCUT2D eigenvalue weighted by molar-refractivity contribution is 7.98. The van der Waals surface area contributed by atoms with E-state index < -0.39 is 6.10 Å². The zero-order valence-electron chi connectivity index (χ0n) is 15.6. The number of ether oxygens (including phenoxy) is 1. The van der Waals surface area contributed by atoms with Gasteiger partial charge >= 0.3 is 0 Å². The number of fused-ring (bicyclic) bond motifs is 1. The van der Waals surface area contributed by atoms with Gasteiger partial charge in [-0.05, 0) is 30.5 Å². The van der Waals surface area contributed by atoms with Crippen LogP contribution in [-0.4, -0.2) is 48.6 Å². The van der Waals surface area contributed by atoms with Crippen molar-refractivity contribution in [3.05, 3.63) is 48.5 Å². The molecule has 3 rings (SSSR count). The largest absolute Gasteiger partial charge is 0.478 e. The molecule has 1 aliphatic heterocycles. The minimum atomic E-state index is -0.926. The van der Waals surface area contributed by atoms with Crippen molar-refractivity contribution in [2.24, 2.45) is 0 Å². The fourth-order valence-electron chi connectivity index (χ4n) is 2.78. The molecule has 1 atom stereocenters. The topological polar surface area (TPSA) is 87.7 Å². The van der Waals surface area contributed by atoms with E-state index in [1.165, 1.54) is 23.7 Å². The summed E-state index contributed by atoms with van der Waals surface area (Å²) in [6.07, 6.45) is 0.851. The summed E-state index contributed by atoms with van der Waals surface area (Å²) in [5.41, 5.74) is 1.28. The molecule has 0 unspecified atom stereocenters. The van der Waals surface area contributed by atoms with Crippen molar-refractivity contribution >= 4 is 40.9 Å². The minimum absolute atomic E-state index is 0.119. The van der Waals surface area contributed by atoms with E-state index in [4.69, 9.17) is 4.74 Å². The monoisotopic (exact) mass is 399 g/mol. The van der Waals surface area contributed by atoms with Gasteiger partial charge in [0, 0.05) is 11.9 Å². The molecule has 0 saturated carbocycles. The Morgan fingerprint density at radius 1 is 1.18 bits per heavy atom. The van der Waals surface area contributed by atoms with Crippen LogP contribution in [0.5, 0.6) is 5.75 Å². The zero-order chi connectivity index (χ0) is 20.1.